The number of nitrogens with two attached hydrogens (primary N) is 1. The van der Waals surface area contributed by atoms with Gasteiger partial charge in [0.1, 0.15) is 6.04 Å². The Morgan fingerprint density at radius 1 is 1.14 bits per heavy atom. The van der Waals surface area contributed by atoms with Crippen molar-refractivity contribution in [2.45, 2.75) is 44.2 Å². The number of likely N-dealkylation sites (tertiary alicyclic amines) is 1. The number of amides is 3. The van der Waals surface area contributed by atoms with Crippen molar-refractivity contribution in [3.8, 4) is 0 Å². The average Bonchev–Trinajstić information content (AvgIpc) is 3.13. The molecule has 1 aliphatic heterocycles. The number of carboxylic acid groups (broad SMARTS) is 1. The van der Waals surface area contributed by atoms with Crippen molar-refractivity contribution >= 4 is 17.9 Å². The standard InChI is InChI=1S/C14H21N3O4/c15-12(18)9-2-1-5-17(9)14(21)16-11-8-4-3-7(6-8)10(11)13(19)20/h7-11H,1-6H2,(H2,15,18)(H,16,21)(H,19,20). The quantitative estimate of drug-likeness (QED) is 0.687. The third-order valence-electron chi connectivity index (χ3n) is 5.33. The fourth-order valence-corrected chi connectivity index (χ4v) is 4.39. The van der Waals surface area contributed by atoms with Crippen molar-refractivity contribution in [1.29, 1.82) is 0 Å². The van der Waals surface area contributed by atoms with Crippen molar-refractivity contribution in [3.05, 3.63) is 0 Å². The van der Waals surface area contributed by atoms with Gasteiger partial charge in [-0.3, -0.25) is 9.59 Å². The predicted molar refractivity (Wildman–Crippen MR) is 73.2 cm³/mol. The Kier molecular flexibility index (Phi) is 3.51. The second-order valence-corrected chi connectivity index (χ2v) is 6.43. The van der Waals surface area contributed by atoms with Crippen LogP contribution in [-0.4, -0.2) is 46.5 Å². The van der Waals surface area contributed by atoms with E-state index in [-0.39, 0.29) is 23.9 Å². The van der Waals surface area contributed by atoms with Gasteiger partial charge in [0.2, 0.25) is 5.91 Å². The van der Waals surface area contributed by atoms with E-state index < -0.39 is 23.8 Å². The van der Waals surface area contributed by atoms with Crippen LogP contribution in [0.15, 0.2) is 0 Å². The lowest BCUT2D eigenvalue weighted by atomic mass is 9.84. The maximum Gasteiger partial charge on any atom is 0.318 e. The number of aliphatic carboxylic acids is 1. The van der Waals surface area contributed by atoms with Crippen molar-refractivity contribution in [1.82, 2.24) is 10.2 Å². The van der Waals surface area contributed by atoms with E-state index in [2.05, 4.69) is 5.32 Å². The molecule has 7 heteroatoms. The minimum Gasteiger partial charge on any atom is -0.481 e. The molecular formula is C14H21N3O4. The fourth-order valence-electron chi connectivity index (χ4n) is 4.39. The van der Waals surface area contributed by atoms with Crippen LogP contribution in [0, 0.1) is 17.8 Å². The molecule has 7 nitrogen and oxygen atoms in total. The van der Waals surface area contributed by atoms with E-state index in [1.807, 2.05) is 0 Å². The van der Waals surface area contributed by atoms with Crippen molar-refractivity contribution in [2.24, 2.45) is 23.5 Å². The molecule has 0 radical (unpaired) electrons. The Labute approximate surface area is 122 Å². The van der Waals surface area contributed by atoms with Crippen LogP contribution in [0.1, 0.15) is 32.1 Å². The van der Waals surface area contributed by atoms with Crippen LogP contribution in [-0.2, 0) is 9.59 Å². The number of carbonyl (C=O) groups excluding carboxylic acids is 2. The third kappa shape index (κ3) is 2.34. The first kappa shape index (κ1) is 14.2. The summed E-state index contributed by atoms with van der Waals surface area (Å²) in [5.41, 5.74) is 5.32. The number of carbonyl (C=O) groups is 3. The zero-order chi connectivity index (χ0) is 15.1. The molecule has 0 spiro atoms. The van der Waals surface area contributed by atoms with Gasteiger partial charge >= 0.3 is 12.0 Å². The number of hydrogen-bond acceptors (Lipinski definition) is 3. The Morgan fingerprint density at radius 2 is 1.86 bits per heavy atom. The minimum atomic E-state index is -0.833. The topological polar surface area (TPSA) is 113 Å². The largest absolute Gasteiger partial charge is 0.481 e. The van der Waals surface area contributed by atoms with Crippen LogP contribution in [0.25, 0.3) is 0 Å². The lowest BCUT2D eigenvalue weighted by Gasteiger charge is -2.31. The molecule has 3 rings (SSSR count). The number of hydrogen-bond donors (Lipinski definition) is 3. The van der Waals surface area contributed by atoms with Gasteiger partial charge in [0.05, 0.1) is 5.92 Å². The van der Waals surface area contributed by atoms with Crippen LogP contribution in [0.2, 0.25) is 0 Å². The van der Waals surface area contributed by atoms with E-state index in [9.17, 15) is 19.5 Å². The number of primary amides is 1. The van der Waals surface area contributed by atoms with Crippen molar-refractivity contribution in [2.75, 3.05) is 6.54 Å². The van der Waals surface area contributed by atoms with Crippen molar-refractivity contribution < 1.29 is 19.5 Å². The summed E-state index contributed by atoms with van der Waals surface area (Å²) in [5, 5.41) is 12.3. The third-order valence-corrected chi connectivity index (χ3v) is 5.33. The smallest absolute Gasteiger partial charge is 0.318 e. The molecule has 3 fully saturated rings. The number of rotatable bonds is 3. The summed E-state index contributed by atoms with van der Waals surface area (Å²) in [5.74, 6) is -1.41. The van der Waals surface area contributed by atoms with E-state index in [4.69, 9.17) is 5.73 Å². The number of nitrogens with zero attached hydrogens (tertiary/aromatic N) is 1. The SMILES string of the molecule is NC(=O)C1CCCN1C(=O)NC1C2CCC(C2)C1C(=O)O. The number of nitrogens with one attached hydrogen (secondary N) is 1. The Hall–Kier alpha value is -1.79. The van der Waals surface area contributed by atoms with Crippen LogP contribution in [0.4, 0.5) is 4.79 Å². The fraction of sp³-hybridized carbons (Fsp3) is 0.786. The monoisotopic (exact) mass is 295 g/mol. The summed E-state index contributed by atoms with van der Waals surface area (Å²) in [7, 11) is 0. The highest BCUT2D eigenvalue weighted by Gasteiger charge is 2.52. The molecule has 0 aromatic rings. The van der Waals surface area contributed by atoms with Gasteiger partial charge in [-0.2, -0.15) is 0 Å². The normalized spacial score (nSPS) is 37.7. The Balaban J connectivity index is 1.69. The molecule has 1 saturated heterocycles. The molecule has 0 aromatic heterocycles. The lowest BCUT2D eigenvalue weighted by molar-refractivity contribution is -0.144. The second kappa shape index (κ2) is 5.20. The second-order valence-electron chi connectivity index (χ2n) is 6.43. The number of urea groups is 1. The molecule has 21 heavy (non-hydrogen) atoms. The van der Waals surface area contributed by atoms with Gasteiger partial charge in [0.25, 0.3) is 0 Å². The molecule has 5 unspecified atom stereocenters. The van der Waals surface area contributed by atoms with Gasteiger partial charge in [0.15, 0.2) is 0 Å². The molecule has 0 aromatic carbocycles. The van der Waals surface area contributed by atoms with Gasteiger partial charge in [-0.1, -0.05) is 0 Å². The molecular weight excluding hydrogens is 274 g/mol. The summed E-state index contributed by atoms with van der Waals surface area (Å²) < 4.78 is 0. The summed E-state index contributed by atoms with van der Waals surface area (Å²) in [4.78, 5) is 36.6. The van der Waals surface area contributed by atoms with Gasteiger partial charge in [-0.15, -0.1) is 0 Å². The molecule has 1 heterocycles. The zero-order valence-electron chi connectivity index (χ0n) is 11.8. The van der Waals surface area contributed by atoms with E-state index >= 15 is 0 Å². The highest BCUT2D eigenvalue weighted by molar-refractivity contribution is 5.87. The summed E-state index contributed by atoms with van der Waals surface area (Å²) >= 11 is 0. The summed E-state index contributed by atoms with van der Waals surface area (Å²) in [6.07, 6.45) is 4.11. The molecule has 3 amide bonds. The molecule has 2 aliphatic carbocycles. The molecule has 116 valence electrons. The Bertz CT molecular complexity index is 481. The molecule has 3 aliphatic rings. The molecule has 2 bridgehead atoms. The maximum absolute atomic E-state index is 12.4. The number of fused-ring (bicyclic) bond motifs is 2. The van der Waals surface area contributed by atoms with E-state index in [0.29, 0.717) is 13.0 Å². The highest BCUT2D eigenvalue weighted by Crippen LogP contribution is 2.48. The van der Waals surface area contributed by atoms with Crippen molar-refractivity contribution in [3.63, 3.8) is 0 Å². The van der Waals surface area contributed by atoms with Gasteiger partial charge in [-0.05, 0) is 43.9 Å². The summed E-state index contributed by atoms with van der Waals surface area (Å²) in [6.45, 7) is 0.498. The maximum atomic E-state index is 12.4. The van der Waals surface area contributed by atoms with Crippen LogP contribution >= 0.6 is 0 Å². The van der Waals surface area contributed by atoms with Gasteiger partial charge in [0, 0.05) is 12.6 Å². The van der Waals surface area contributed by atoms with E-state index in [0.717, 1.165) is 25.7 Å². The first-order valence-corrected chi connectivity index (χ1v) is 7.58. The first-order valence-electron chi connectivity index (χ1n) is 7.58. The van der Waals surface area contributed by atoms with Crippen LogP contribution in [0.3, 0.4) is 0 Å². The summed E-state index contributed by atoms with van der Waals surface area (Å²) in [6, 6.07) is -1.23. The molecule has 4 N–H and O–H groups in total. The zero-order valence-corrected chi connectivity index (χ0v) is 11.8. The molecule has 2 saturated carbocycles. The average molecular weight is 295 g/mol. The van der Waals surface area contributed by atoms with Gasteiger partial charge in [-0.25, -0.2) is 4.79 Å². The minimum absolute atomic E-state index is 0.170. The lowest BCUT2D eigenvalue weighted by Crippen LogP contribution is -2.54. The predicted octanol–water partition coefficient (Wildman–Crippen LogP) is 0.145. The molecule has 5 atom stereocenters. The number of carboxylic acids is 1. The van der Waals surface area contributed by atoms with E-state index in [1.54, 1.807) is 0 Å². The first-order chi connectivity index (χ1) is 9.99. The van der Waals surface area contributed by atoms with Crippen LogP contribution < -0.4 is 11.1 Å². The Morgan fingerprint density at radius 3 is 2.52 bits per heavy atom. The van der Waals surface area contributed by atoms with Gasteiger partial charge < -0.3 is 21.1 Å². The highest BCUT2D eigenvalue weighted by atomic mass is 16.4. The van der Waals surface area contributed by atoms with Crippen LogP contribution in [0.5, 0.6) is 0 Å². The van der Waals surface area contributed by atoms with E-state index in [1.165, 1.54) is 4.90 Å².